The lowest BCUT2D eigenvalue weighted by molar-refractivity contribution is 0.491. The molecule has 1 N–H and O–H groups in total. The number of rotatable bonds is 2. The van der Waals surface area contributed by atoms with Crippen LogP contribution in [0.4, 0.5) is 5.69 Å². The molecule has 1 nitrogen and oxygen atoms in total. The summed E-state index contributed by atoms with van der Waals surface area (Å²) in [6, 6.07) is 7.18. The van der Waals surface area contributed by atoms with Crippen LogP contribution in [0.3, 0.4) is 0 Å². The molecule has 2 atom stereocenters. The highest BCUT2D eigenvalue weighted by Crippen LogP contribution is 2.31. The maximum Gasteiger partial charge on any atom is 0.0448 e. The van der Waals surface area contributed by atoms with Crippen LogP contribution in [0.5, 0.6) is 0 Å². The fourth-order valence-corrected chi connectivity index (χ4v) is 2.24. The van der Waals surface area contributed by atoms with E-state index in [2.05, 4.69) is 56.4 Å². The van der Waals surface area contributed by atoms with Crippen molar-refractivity contribution in [3.63, 3.8) is 0 Å². The Labute approximate surface area is 98.6 Å². The fraction of sp³-hybridized carbons (Fsp3) is 0.467. The molecule has 0 saturated heterocycles. The third kappa shape index (κ3) is 2.13. The molecular formula is C15H21N. The quantitative estimate of drug-likeness (QED) is 0.783. The number of fused-ring (bicyclic) bond motifs is 1. The van der Waals surface area contributed by atoms with Crippen molar-refractivity contribution >= 4 is 11.8 Å². The first kappa shape index (κ1) is 11.3. The number of benzene rings is 1. The van der Waals surface area contributed by atoms with Gasteiger partial charge in [-0.1, -0.05) is 44.2 Å². The third-order valence-corrected chi connectivity index (χ3v) is 3.48. The molecule has 2 rings (SSSR count). The van der Waals surface area contributed by atoms with Crippen molar-refractivity contribution in [3.8, 4) is 0 Å². The number of anilines is 1. The van der Waals surface area contributed by atoms with E-state index < -0.39 is 0 Å². The van der Waals surface area contributed by atoms with Crippen LogP contribution in [0.15, 0.2) is 24.3 Å². The molecule has 86 valence electrons. The van der Waals surface area contributed by atoms with Crippen LogP contribution in [-0.4, -0.2) is 6.04 Å². The maximum atomic E-state index is 3.64. The van der Waals surface area contributed by atoms with E-state index in [1.807, 2.05) is 0 Å². The number of hydrogen-bond donors (Lipinski definition) is 1. The SMILES string of the molecule is CC/C=C\c1cccc2c1NC(C)C(C)C2. The van der Waals surface area contributed by atoms with Gasteiger partial charge in [0.25, 0.3) is 0 Å². The Hall–Kier alpha value is -1.24. The smallest absolute Gasteiger partial charge is 0.0448 e. The number of nitrogens with one attached hydrogen (secondary N) is 1. The summed E-state index contributed by atoms with van der Waals surface area (Å²) in [5.74, 6) is 0.720. The van der Waals surface area contributed by atoms with Crippen LogP contribution in [0.25, 0.3) is 6.08 Å². The molecule has 1 aromatic rings. The highest BCUT2D eigenvalue weighted by atomic mass is 14.9. The molecule has 0 saturated carbocycles. The Morgan fingerprint density at radius 3 is 2.94 bits per heavy atom. The van der Waals surface area contributed by atoms with Gasteiger partial charge in [-0.05, 0) is 36.8 Å². The normalized spacial score (nSPS) is 24.2. The molecule has 1 aliphatic rings. The molecule has 0 amide bonds. The fourth-order valence-electron chi connectivity index (χ4n) is 2.24. The minimum atomic E-state index is 0.573. The molecule has 0 fully saturated rings. The zero-order valence-electron chi connectivity index (χ0n) is 10.5. The van der Waals surface area contributed by atoms with E-state index in [0.29, 0.717) is 6.04 Å². The van der Waals surface area contributed by atoms with Crippen molar-refractivity contribution in [2.24, 2.45) is 5.92 Å². The van der Waals surface area contributed by atoms with Crippen LogP contribution in [-0.2, 0) is 6.42 Å². The van der Waals surface area contributed by atoms with Crippen molar-refractivity contribution in [2.75, 3.05) is 5.32 Å². The molecule has 1 heteroatoms. The summed E-state index contributed by atoms with van der Waals surface area (Å²) >= 11 is 0. The van der Waals surface area contributed by atoms with Crippen molar-refractivity contribution in [2.45, 2.75) is 39.7 Å². The van der Waals surface area contributed by atoms with Crippen LogP contribution in [0.2, 0.25) is 0 Å². The summed E-state index contributed by atoms with van der Waals surface area (Å²) < 4.78 is 0. The first-order valence-corrected chi connectivity index (χ1v) is 6.27. The largest absolute Gasteiger partial charge is 0.382 e. The Morgan fingerprint density at radius 2 is 2.19 bits per heavy atom. The summed E-state index contributed by atoms with van der Waals surface area (Å²) in [6.45, 7) is 6.76. The van der Waals surface area contributed by atoms with Gasteiger partial charge in [0, 0.05) is 11.7 Å². The van der Waals surface area contributed by atoms with Gasteiger partial charge in [-0.2, -0.15) is 0 Å². The molecule has 16 heavy (non-hydrogen) atoms. The zero-order chi connectivity index (χ0) is 11.5. The zero-order valence-corrected chi connectivity index (χ0v) is 10.5. The highest BCUT2D eigenvalue weighted by molar-refractivity contribution is 5.71. The topological polar surface area (TPSA) is 12.0 Å². The van der Waals surface area contributed by atoms with E-state index in [-0.39, 0.29) is 0 Å². The number of allylic oxidation sites excluding steroid dienone is 1. The number of para-hydroxylation sites is 1. The summed E-state index contributed by atoms with van der Waals surface area (Å²) in [6.07, 6.45) is 6.74. The van der Waals surface area contributed by atoms with E-state index in [1.54, 1.807) is 0 Å². The second-order valence-corrected chi connectivity index (χ2v) is 4.81. The number of hydrogen-bond acceptors (Lipinski definition) is 1. The predicted molar refractivity (Wildman–Crippen MR) is 71.7 cm³/mol. The predicted octanol–water partition coefficient (Wildman–Crippen LogP) is 4.10. The second kappa shape index (κ2) is 4.73. The Balaban J connectivity index is 2.36. The van der Waals surface area contributed by atoms with Gasteiger partial charge >= 0.3 is 0 Å². The minimum absolute atomic E-state index is 0.573. The van der Waals surface area contributed by atoms with Crippen LogP contribution >= 0.6 is 0 Å². The summed E-state index contributed by atoms with van der Waals surface area (Å²) in [5, 5.41) is 3.64. The average molecular weight is 215 g/mol. The Kier molecular flexibility index (Phi) is 3.33. The summed E-state index contributed by atoms with van der Waals surface area (Å²) in [7, 11) is 0. The van der Waals surface area contributed by atoms with E-state index in [1.165, 1.54) is 23.2 Å². The van der Waals surface area contributed by atoms with Crippen molar-refractivity contribution in [1.82, 2.24) is 0 Å². The third-order valence-electron chi connectivity index (χ3n) is 3.48. The molecular weight excluding hydrogens is 194 g/mol. The lowest BCUT2D eigenvalue weighted by Gasteiger charge is -2.31. The lowest BCUT2D eigenvalue weighted by atomic mass is 9.88. The van der Waals surface area contributed by atoms with Gasteiger partial charge in [0.05, 0.1) is 0 Å². The van der Waals surface area contributed by atoms with Crippen LogP contribution in [0.1, 0.15) is 38.3 Å². The molecule has 1 aromatic carbocycles. The Bertz CT molecular complexity index is 392. The molecule has 2 unspecified atom stereocenters. The van der Waals surface area contributed by atoms with Gasteiger partial charge in [0.15, 0.2) is 0 Å². The van der Waals surface area contributed by atoms with Crippen molar-refractivity contribution in [1.29, 1.82) is 0 Å². The molecule has 0 radical (unpaired) electrons. The summed E-state index contributed by atoms with van der Waals surface area (Å²) in [4.78, 5) is 0. The Morgan fingerprint density at radius 1 is 1.38 bits per heavy atom. The van der Waals surface area contributed by atoms with E-state index in [0.717, 1.165) is 12.3 Å². The highest BCUT2D eigenvalue weighted by Gasteiger charge is 2.21. The van der Waals surface area contributed by atoms with Crippen LogP contribution < -0.4 is 5.32 Å². The van der Waals surface area contributed by atoms with Crippen LogP contribution in [0, 0.1) is 5.92 Å². The van der Waals surface area contributed by atoms with E-state index >= 15 is 0 Å². The van der Waals surface area contributed by atoms with Gasteiger partial charge in [-0.15, -0.1) is 0 Å². The molecule has 0 aliphatic carbocycles. The lowest BCUT2D eigenvalue weighted by Crippen LogP contribution is -2.30. The van der Waals surface area contributed by atoms with Crippen molar-refractivity contribution in [3.05, 3.63) is 35.4 Å². The van der Waals surface area contributed by atoms with Gasteiger partial charge in [-0.25, -0.2) is 0 Å². The molecule has 1 aliphatic heterocycles. The minimum Gasteiger partial charge on any atom is -0.382 e. The van der Waals surface area contributed by atoms with Gasteiger partial charge < -0.3 is 5.32 Å². The van der Waals surface area contributed by atoms with E-state index in [9.17, 15) is 0 Å². The first-order valence-electron chi connectivity index (χ1n) is 6.27. The van der Waals surface area contributed by atoms with Crippen molar-refractivity contribution < 1.29 is 0 Å². The molecule has 1 heterocycles. The molecule has 0 bridgehead atoms. The molecule has 0 aromatic heterocycles. The standard InChI is InChI=1S/C15H21N/c1-4-5-7-13-8-6-9-14-10-11(2)12(3)16-15(13)14/h5-9,11-12,16H,4,10H2,1-3H3/b7-5-. The molecule has 0 spiro atoms. The summed E-state index contributed by atoms with van der Waals surface area (Å²) in [5.41, 5.74) is 4.14. The maximum absolute atomic E-state index is 3.64. The van der Waals surface area contributed by atoms with Gasteiger partial charge in [0.1, 0.15) is 0 Å². The monoisotopic (exact) mass is 215 g/mol. The first-order chi connectivity index (χ1) is 7.72. The second-order valence-electron chi connectivity index (χ2n) is 4.81. The van der Waals surface area contributed by atoms with E-state index in [4.69, 9.17) is 0 Å². The average Bonchev–Trinajstić information content (AvgIpc) is 2.28. The van der Waals surface area contributed by atoms with Gasteiger partial charge in [0.2, 0.25) is 0 Å². The van der Waals surface area contributed by atoms with Gasteiger partial charge in [-0.3, -0.25) is 0 Å².